The van der Waals surface area contributed by atoms with Crippen molar-refractivity contribution in [3.63, 3.8) is 0 Å². The molecule has 1 saturated heterocycles. The third-order valence-corrected chi connectivity index (χ3v) is 7.51. The molecule has 0 aromatic carbocycles. The van der Waals surface area contributed by atoms with Crippen LogP contribution in [0.1, 0.15) is 55.8 Å². The molecule has 1 aliphatic carbocycles. The van der Waals surface area contributed by atoms with Gasteiger partial charge in [0.1, 0.15) is 5.56 Å². The second-order valence-corrected chi connectivity index (χ2v) is 10.1. The fourth-order valence-electron chi connectivity index (χ4n) is 5.76. The van der Waals surface area contributed by atoms with E-state index in [9.17, 15) is 36.3 Å². The van der Waals surface area contributed by atoms with Crippen LogP contribution >= 0.6 is 0 Å². The van der Waals surface area contributed by atoms with Gasteiger partial charge in [0.15, 0.2) is 11.9 Å². The van der Waals surface area contributed by atoms with E-state index < -0.39 is 35.7 Å². The molecule has 1 aromatic rings. The Kier molecular flexibility index (Phi) is 7.00. The van der Waals surface area contributed by atoms with Gasteiger partial charge in [-0.2, -0.15) is 31.1 Å². The van der Waals surface area contributed by atoms with Gasteiger partial charge in [-0.05, 0) is 37.7 Å². The SMILES string of the molecule is CC1COCCC1N[C@@H]1CC[C@](CC(F)(F)F)(C(=O)N2CCc3c(cc(C(F)(F)F)c[n+]3[O-])C2)C1. The molecular weight excluding hydrogens is 480 g/mol. The topological polar surface area (TPSA) is 68.5 Å². The van der Waals surface area contributed by atoms with E-state index in [4.69, 9.17) is 4.74 Å². The van der Waals surface area contributed by atoms with E-state index in [0.29, 0.717) is 25.8 Å². The Hall–Kier alpha value is -2.08. The van der Waals surface area contributed by atoms with Gasteiger partial charge in [0.2, 0.25) is 5.91 Å². The van der Waals surface area contributed by atoms with Crippen LogP contribution in [-0.2, 0) is 28.7 Å². The minimum absolute atomic E-state index is 0.00290. The Morgan fingerprint density at radius 3 is 2.69 bits per heavy atom. The first-order valence-corrected chi connectivity index (χ1v) is 11.8. The van der Waals surface area contributed by atoms with Crippen LogP contribution in [0, 0.1) is 16.5 Å². The Morgan fingerprint density at radius 2 is 2.03 bits per heavy atom. The lowest BCUT2D eigenvalue weighted by Gasteiger charge is -2.37. The van der Waals surface area contributed by atoms with E-state index in [-0.39, 0.29) is 66.3 Å². The Balaban J connectivity index is 1.55. The van der Waals surface area contributed by atoms with E-state index in [1.54, 1.807) is 0 Å². The van der Waals surface area contributed by atoms with Crippen LogP contribution in [-0.4, -0.2) is 48.8 Å². The molecule has 12 heteroatoms. The number of pyridine rings is 1. The smallest absolute Gasteiger partial charge is 0.422 e. The van der Waals surface area contributed by atoms with Crippen molar-refractivity contribution in [2.75, 3.05) is 19.8 Å². The van der Waals surface area contributed by atoms with Crippen LogP contribution in [0.25, 0.3) is 0 Å². The number of carbonyl (C=O) groups excluding carboxylic acids is 1. The third kappa shape index (κ3) is 5.68. The highest BCUT2D eigenvalue weighted by molar-refractivity contribution is 5.83. The summed E-state index contributed by atoms with van der Waals surface area (Å²) in [7, 11) is 0. The van der Waals surface area contributed by atoms with Crippen LogP contribution in [0.5, 0.6) is 0 Å². The first-order chi connectivity index (χ1) is 16.3. The lowest BCUT2D eigenvalue weighted by Crippen LogP contribution is -2.50. The number of carbonyl (C=O) groups is 1. The lowest BCUT2D eigenvalue weighted by molar-refractivity contribution is -0.616. The molecule has 1 saturated carbocycles. The predicted octanol–water partition coefficient (Wildman–Crippen LogP) is 3.73. The minimum Gasteiger partial charge on any atom is -0.618 e. The highest BCUT2D eigenvalue weighted by atomic mass is 19.4. The summed E-state index contributed by atoms with van der Waals surface area (Å²) in [6, 6.07) is 0.621. The van der Waals surface area contributed by atoms with Crippen LogP contribution in [0.3, 0.4) is 0 Å². The molecule has 3 aliphatic rings. The zero-order valence-corrected chi connectivity index (χ0v) is 19.3. The van der Waals surface area contributed by atoms with Gasteiger partial charge in [-0.25, -0.2) is 0 Å². The maximum Gasteiger partial charge on any atom is 0.422 e. The quantitative estimate of drug-likeness (QED) is 0.382. The van der Waals surface area contributed by atoms with Gasteiger partial charge in [0, 0.05) is 30.8 Å². The lowest BCUT2D eigenvalue weighted by atomic mass is 9.80. The second kappa shape index (κ2) is 9.42. The van der Waals surface area contributed by atoms with Crippen molar-refractivity contribution in [1.82, 2.24) is 10.2 Å². The summed E-state index contributed by atoms with van der Waals surface area (Å²) in [6.45, 7) is 2.78. The highest BCUT2D eigenvalue weighted by Gasteiger charge is 2.54. The molecule has 4 rings (SSSR count). The third-order valence-electron chi connectivity index (χ3n) is 7.51. The number of fused-ring (bicyclic) bond motifs is 1. The van der Waals surface area contributed by atoms with Gasteiger partial charge in [0.05, 0.1) is 31.4 Å². The van der Waals surface area contributed by atoms with E-state index in [1.807, 2.05) is 6.92 Å². The van der Waals surface area contributed by atoms with E-state index in [1.165, 1.54) is 4.90 Å². The summed E-state index contributed by atoms with van der Waals surface area (Å²) in [5.41, 5.74) is -2.72. The molecule has 2 aliphatic heterocycles. The number of rotatable bonds is 4. The number of halogens is 6. The van der Waals surface area contributed by atoms with Gasteiger partial charge >= 0.3 is 12.4 Å². The number of amides is 1. The molecule has 0 radical (unpaired) electrons. The van der Waals surface area contributed by atoms with Crippen LogP contribution in [0.4, 0.5) is 26.3 Å². The summed E-state index contributed by atoms with van der Waals surface area (Å²) >= 11 is 0. The molecule has 0 spiro atoms. The zero-order chi connectivity index (χ0) is 25.6. The Bertz CT molecular complexity index is 954. The molecule has 0 bridgehead atoms. The van der Waals surface area contributed by atoms with Crippen molar-refractivity contribution in [2.24, 2.45) is 11.3 Å². The highest BCUT2D eigenvalue weighted by Crippen LogP contribution is 2.48. The average Bonchev–Trinajstić information content (AvgIpc) is 3.15. The van der Waals surface area contributed by atoms with E-state index >= 15 is 0 Å². The van der Waals surface area contributed by atoms with Gasteiger partial charge < -0.3 is 20.2 Å². The number of ether oxygens (including phenoxy) is 1. The van der Waals surface area contributed by atoms with Crippen molar-refractivity contribution in [2.45, 2.75) is 76.4 Å². The summed E-state index contributed by atoms with van der Waals surface area (Å²) in [5, 5.41) is 15.5. The van der Waals surface area contributed by atoms with Gasteiger partial charge in [-0.1, -0.05) is 6.92 Å². The van der Waals surface area contributed by atoms with Gasteiger partial charge in [-0.3, -0.25) is 4.79 Å². The van der Waals surface area contributed by atoms with Crippen LogP contribution in [0.2, 0.25) is 0 Å². The number of hydrogen-bond acceptors (Lipinski definition) is 4. The molecule has 35 heavy (non-hydrogen) atoms. The first-order valence-electron chi connectivity index (χ1n) is 11.8. The summed E-state index contributed by atoms with van der Waals surface area (Å²) in [4.78, 5) is 14.7. The fraction of sp³-hybridized carbons (Fsp3) is 0.739. The van der Waals surface area contributed by atoms with Gasteiger partial charge in [-0.15, -0.1) is 0 Å². The molecule has 2 unspecified atom stereocenters. The predicted molar refractivity (Wildman–Crippen MR) is 112 cm³/mol. The normalized spacial score (nSPS) is 29.8. The molecule has 2 fully saturated rings. The Labute approximate surface area is 199 Å². The number of nitrogens with zero attached hydrogens (tertiary/aromatic N) is 2. The molecule has 4 atom stereocenters. The maximum atomic E-state index is 13.6. The molecular formula is C23H29F6N3O3. The monoisotopic (exact) mass is 509 g/mol. The summed E-state index contributed by atoms with van der Waals surface area (Å²) < 4.78 is 86.0. The largest absolute Gasteiger partial charge is 0.618 e. The summed E-state index contributed by atoms with van der Waals surface area (Å²) in [5.74, 6) is -0.517. The van der Waals surface area contributed by atoms with Crippen molar-refractivity contribution < 1.29 is 40.6 Å². The first kappa shape index (κ1) is 26.0. The Morgan fingerprint density at radius 1 is 1.29 bits per heavy atom. The molecule has 1 aromatic heterocycles. The number of alkyl halides is 6. The van der Waals surface area contributed by atoms with Crippen molar-refractivity contribution in [3.05, 3.63) is 34.3 Å². The summed E-state index contributed by atoms with van der Waals surface area (Å²) in [6.07, 6.45) is -9.02. The molecule has 6 nitrogen and oxygen atoms in total. The number of nitrogens with one attached hydrogen (secondary N) is 1. The minimum atomic E-state index is -4.75. The molecule has 3 heterocycles. The molecule has 1 N–H and O–H groups in total. The van der Waals surface area contributed by atoms with E-state index in [2.05, 4.69) is 5.32 Å². The van der Waals surface area contributed by atoms with Gasteiger partial charge in [0.25, 0.3) is 0 Å². The molecule has 1 amide bonds. The second-order valence-electron chi connectivity index (χ2n) is 10.1. The van der Waals surface area contributed by atoms with Crippen LogP contribution < -0.4 is 10.0 Å². The average molecular weight is 509 g/mol. The van der Waals surface area contributed by atoms with Crippen molar-refractivity contribution >= 4 is 5.91 Å². The van der Waals surface area contributed by atoms with Crippen LogP contribution in [0.15, 0.2) is 12.3 Å². The number of hydrogen-bond donors (Lipinski definition) is 1. The molecule has 196 valence electrons. The van der Waals surface area contributed by atoms with Crippen molar-refractivity contribution in [3.8, 4) is 0 Å². The zero-order valence-electron chi connectivity index (χ0n) is 19.3. The van der Waals surface area contributed by atoms with Crippen molar-refractivity contribution in [1.29, 1.82) is 0 Å². The fourth-order valence-corrected chi connectivity index (χ4v) is 5.76. The standard InChI is InChI=1S/C23H29F6N3O3/c1-14-12-35-7-4-18(14)30-17-2-5-21(9-17,13-22(24,25)26)20(33)31-6-3-19-15(10-31)8-16(11-32(19)34)23(27,28)29/h8,11,14,17-18,30H,2-7,9-10,12-13H2,1H3/t14?,17-,18?,21+/m1/s1. The number of aromatic nitrogens is 1. The van der Waals surface area contributed by atoms with E-state index in [0.717, 1.165) is 12.5 Å². The maximum absolute atomic E-state index is 13.6.